The van der Waals surface area contributed by atoms with Crippen molar-refractivity contribution in [2.24, 2.45) is 0 Å². The molecule has 2 rings (SSSR count). The quantitative estimate of drug-likeness (QED) is 0.841. The molecule has 1 amide bonds. The van der Waals surface area contributed by atoms with Gasteiger partial charge in [-0.25, -0.2) is 9.78 Å². The minimum atomic E-state index is -1.44. The van der Waals surface area contributed by atoms with E-state index in [9.17, 15) is 9.59 Å². The molecule has 19 heavy (non-hydrogen) atoms. The molecule has 0 radical (unpaired) electrons. The molecule has 1 aromatic heterocycles. The van der Waals surface area contributed by atoms with Gasteiger partial charge in [-0.15, -0.1) is 0 Å². The molecular weight excluding hydrogens is 248 g/mol. The van der Waals surface area contributed by atoms with Crippen LogP contribution in [-0.2, 0) is 16.0 Å². The SMILES string of the molecule is Cc1nc2ccc(CCN(C)C(=O)C(=O)O)cc2o1. The van der Waals surface area contributed by atoms with Crippen LogP contribution >= 0.6 is 0 Å². The number of oxazole rings is 1. The van der Waals surface area contributed by atoms with Crippen LogP contribution in [0.15, 0.2) is 22.6 Å². The van der Waals surface area contributed by atoms with Crippen molar-refractivity contribution in [3.8, 4) is 0 Å². The summed E-state index contributed by atoms with van der Waals surface area (Å²) in [4.78, 5) is 27.1. The highest BCUT2D eigenvalue weighted by Gasteiger charge is 2.16. The van der Waals surface area contributed by atoms with Crippen molar-refractivity contribution in [1.82, 2.24) is 9.88 Å². The molecule has 0 unspecified atom stereocenters. The lowest BCUT2D eigenvalue weighted by Gasteiger charge is -2.14. The topological polar surface area (TPSA) is 83.6 Å². The molecule has 6 nitrogen and oxygen atoms in total. The van der Waals surface area contributed by atoms with E-state index in [0.29, 0.717) is 24.4 Å². The van der Waals surface area contributed by atoms with E-state index in [1.54, 1.807) is 6.92 Å². The van der Waals surface area contributed by atoms with Gasteiger partial charge in [-0.05, 0) is 24.1 Å². The van der Waals surface area contributed by atoms with Crippen molar-refractivity contribution >= 4 is 23.0 Å². The monoisotopic (exact) mass is 262 g/mol. The molecule has 0 bridgehead atoms. The smallest absolute Gasteiger partial charge is 0.394 e. The predicted octanol–water partition coefficient (Wildman–Crippen LogP) is 1.22. The van der Waals surface area contributed by atoms with E-state index >= 15 is 0 Å². The molecule has 1 N–H and O–H groups in total. The number of fused-ring (bicyclic) bond motifs is 1. The summed E-state index contributed by atoms with van der Waals surface area (Å²) in [6, 6.07) is 5.60. The van der Waals surface area contributed by atoms with Crippen LogP contribution in [0, 0.1) is 6.92 Å². The number of carbonyl (C=O) groups excluding carboxylic acids is 1. The summed E-state index contributed by atoms with van der Waals surface area (Å²) in [7, 11) is 1.47. The number of hydrogen-bond donors (Lipinski definition) is 1. The minimum absolute atomic E-state index is 0.337. The zero-order chi connectivity index (χ0) is 14.0. The second-order valence-electron chi connectivity index (χ2n) is 4.32. The van der Waals surface area contributed by atoms with E-state index in [1.807, 2.05) is 18.2 Å². The summed E-state index contributed by atoms with van der Waals surface area (Å²) < 4.78 is 5.42. The Morgan fingerprint density at radius 3 is 2.84 bits per heavy atom. The Hall–Kier alpha value is -2.37. The third kappa shape index (κ3) is 2.90. The van der Waals surface area contributed by atoms with E-state index in [1.165, 1.54) is 11.9 Å². The number of aliphatic carboxylic acids is 1. The van der Waals surface area contributed by atoms with Gasteiger partial charge >= 0.3 is 11.9 Å². The first-order valence-electron chi connectivity index (χ1n) is 5.82. The minimum Gasteiger partial charge on any atom is -0.474 e. The molecule has 2 aromatic rings. The fourth-order valence-electron chi connectivity index (χ4n) is 1.80. The standard InChI is InChI=1S/C13H14N2O4/c1-8-14-10-4-3-9(7-11(10)19-8)5-6-15(2)12(16)13(17)18/h3-4,7H,5-6H2,1-2H3,(H,17,18). The summed E-state index contributed by atoms with van der Waals surface area (Å²) in [5.41, 5.74) is 2.45. The zero-order valence-corrected chi connectivity index (χ0v) is 10.7. The number of carboxylic acid groups (broad SMARTS) is 1. The number of carboxylic acids is 1. The predicted molar refractivity (Wildman–Crippen MR) is 67.7 cm³/mol. The lowest BCUT2D eigenvalue weighted by atomic mass is 10.1. The van der Waals surface area contributed by atoms with Crippen LogP contribution in [0.1, 0.15) is 11.5 Å². The molecule has 0 aliphatic carbocycles. The maximum absolute atomic E-state index is 11.2. The highest BCUT2D eigenvalue weighted by atomic mass is 16.4. The van der Waals surface area contributed by atoms with E-state index in [4.69, 9.17) is 9.52 Å². The molecule has 6 heteroatoms. The average molecular weight is 262 g/mol. The number of likely N-dealkylation sites (N-methyl/N-ethyl adjacent to an activating group) is 1. The molecular formula is C13H14N2O4. The first-order valence-corrected chi connectivity index (χ1v) is 5.82. The largest absolute Gasteiger partial charge is 0.474 e. The first-order chi connectivity index (χ1) is 8.97. The van der Waals surface area contributed by atoms with Gasteiger partial charge in [0.25, 0.3) is 0 Å². The molecule has 0 fully saturated rings. The Balaban J connectivity index is 2.05. The van der Waals surface area contributed by atoms with Gasteiger partial charge in [-0.3, -0.25) is 4.79 Å². The normalized spacial score (nSPS) is 10.6. The number of benzene rings is 1. The number of nitrogens with zero attached hydrogens (tertiary/aromatic N) is 2. The van der Waals surface area contributed by atoms with Gasteiger partial charge in [-0.1, -0.05) is 6.07 Å². The van der Waals surface area contributed by atoms with E-state index < -0.39 is 11.9 Å². The zero-order valence-electron chi connectivity index (χ0n) is 10.7. The van der Waals surface area contributed by atoms with Crippen molar-refractivity contribution in [3.05, 3.63) is 29.7 Å². The summed E-state index contributed by atoms with van der Waals surface area (Å²) in [6.07, 6.45) is 0.561. The van der Waals surface area contributed by atoms with Gasteiger partial charge in [0.05, 0.1) is 0 Å². The number of aromatic nitrogens is 1. The van der Waals surface area contributed by atoms with Crippen molar-refractivity contribution < 1.29 is 19.1 Å². The maximum atomic E-state index is 11.2. The van der Waals surface area contributed by atoms with Crippen molar-refractivity contribution in [1.29, 1.82) is 0 Å². The molecule has 1 heterocycles. The molecule has 0 aliphatic heterocycles. The number of hydrogen-bond acceptors (Lipinski definition) is 4. The summed E-state index contributed by atoms with van der Waals surface area (Å²) in [5.74, 6) is -1.74. The summed E-state index contributed by atoms with van der Waals surface area (Å²) in [5, 5.41) is 8.58. The lowest BCUT2D eigenvalue weighted by molar-refractivity contribution is -0.155. The van der Waals surface area contributed by atoms with E-state index in [-0.39, 0.29) is 0 Å². The fourth-order valence-corrected chi connectivity index (χ4v) is 1.80. The first kappa shape index (κ1) is 13.1. The van der Waals surface area contributed by atoms with Gasteiger partial charge in [0, 0.05) is 20.5 Å². The Morgan fingerprint density at radius 2 is 2.16 bits per heavy atom. The average Bonchev–Trinajstić information content (AvgIpc) is 2.74. The lowest BCUT2D eigenvalue weighted by Crippen LogP contribution is -2.34. The molecule has 100 valence electrons. The second kappa shape index (κ2) is 5.09. The highest BCUT2D eigenvalue weighted by molar-refractivity contribution is 6.31. The molecule has 0 saturated heterocycles. The van der Waals surface area contributed by atoms with Crippen molar-refractivity contribution in [2.45, 2.75) is 13.3 Å². The summed E-state index contributed by atoms with van der Waals surface area (Å²) >= 11 is 0. The maximum Gasteiger partial charge on any atom is 0.394 e. The molecule has 0 atom stereocenters. The number of aryl methyl sites for hydroxylation is 1. The van der Waals surface area contributed by atoms with Crippen LogP contribution in [0.5, 0.6) is 0 Å². The van der Waals surface area contributed by atoms with E-state index in [2.05, 4.69) is 4.98 Å². The van der Waals surface area contributed by atoms with Gasteiger partial charge in [0.2, 0.25) is 0 Å². The number of rotatable bonds is 3. The van der Waals surface area contributed by atoms with Crippen LogP contribution in [0.25, 0.3) is 11.1 Å². The Labute approximate surface area is 109 Å². The molecule has 0 spiro atoms. The summed E-state index contributed by atoms with van der Waals surface area (Å²) in [6.45, 7) is 2.11. The van der Waals surface area contributed by atoms with Gasteiger partial charge in [0.15, 0.2) is 11.5 Å². The number of carbonyl (C=O) groups is 2. The van der Waals surface area contributed by atoms with Crippen molar-refractivity contribution in [3.63, 3.8) is 0 Å². The number of amides is 1. The van der Waals surface area contributed by atoms with Crippen LogP contribution < -0.4 is 0 Å². The van der Waals surface area contributed by atoms with Gasteiger partial charge in [0.1, 0.15) is 5.52 Å². The van der Waals surface area contributed by atoms with Crippen LogP contribution in [0.3, 0.4) is 0 Å². The van der Waals surface area contributed by atoms with Gasteiger partial charge in [-0.2, -0.15) is 0 Å². The Morgan fingerprint density at radius 1 is 1.42 bits per heavy atom. The fraction of sp³-hybridized carbons (Fsp3) is 0.308. The Bertz CT molecular complexity index is 633. The Kier molecular flexibility index (Phi) is 3.50. The molecule has 0 saturated carbocycles. The van der Waals surface area contributed by atoms with Crippen LogP contribution in [0.4, 0.5) is 0 Å². The molecule has 1 aromatic carbocycles. The highest BCUT2D eigenvalue weighted by Crippen LogP contribution is 2.17. The third-order valence-electron chi connectivity index (χ3n) is 2.83. The second-order valence-corrected chi connectivity index (χ2v) is 4.32. The molecule has 0 aliphatic rings. The van der Waals surface area contributed by atoms with Crippen molar-refractivity contribution in [2.75, 3.05) is 13.6 Å². The van der Waals surface area contributed by atoms with Crippen LogP contribution in [-0.4, -0.2) is 40.5 Å². The van der Waals surface area contributed by atoms with E-state index in [0.717, 1.165) is 11.1 Å². The van der Waals surface area contributed by atoms with Crippen LogP contribution in [0.2, 0.25) is 0 Å². The third-order valence-corrected chi connectivity index (χ3v) is 2.83. The van der Waals surface area contributed by atoms with Gasteiger partial charge < -0.3 is 14.4 Å².